The molecule has 1 fully saturated rings. The molecule has 1 saturated heterocycles. The largest absolute Gasteiger partial charge is 0.494 e. The lowest BCUT2D eigenvalue weighted by molar-refractivity contribution is -0.149. The van der Waals surface area contributed by atoms with Crippen molar-refractivity contribution in [3.05, 3.63) is 29.6 Å². The lowest BCUT2D eigenvalue weighted by Crippen LogP contribution is -2.46. The number of piperazine rings is 1. The molecule has 0 spiro atoms. The van der Waals surface area contributed by atoms with E-state index >= 15 is 0 Å². The molecule has 1 heterocycles. The Bertz CT molecular complexity index is 473. The highest BCUT2D eigenvalue weighted by Crippen LogP contribution is 2.36. The Balaban J connectivity index is 2.34. The lowest BCUT2D eigenvalue weighted by atomic mass is 9.99. The van der Waals surface area contributed by atoms with Crippen LogP contribution < -0.4 is 10.1 Å². The highest BCUT2D eigenvalue weighted by atomic mass is 19.4. The van der Waals surface area contributed by atoms with Crippen LogP contribution in [0.5, 0.6) is 5.75 Å². The number of hydrogen-bond donors (Lipinski definition) is 1. The SMILES string of the molecule is COc1cccc([C@@H](CC(F)(F)F)N2CCNCC2)c1F. The average Bonchev–Trinajstić information content (AvgIpc) is 2.45. The third-order valence-corrected chi connectivity index (χ3v) is 3.59. The minimum Gasteiger partial charge on any atom is -0.494 e. The maximum absolute atomic E-state index is 14.3. The summed E-state index contributed by atoms with van der Waals surface area (Å²) in [5.74, 6) is -0.748. The smallest absolute Gasteiger partial charge is 0.390 e. The molecule has 1 N–H and O–H groups in total. The van der Waals surface area contributed by atoms with Crippen molar-refractivity contribution in [3.63, 3.8) is 0 Å². The molecule has 21 heavy (non-hydrogen) atoms. The molecule has 0 unspecified atom stereocenters. The van der Waals surface area contributed by atoms with E-state index in [4.69, 9.17) is 4.74 Å². The molecule has 1 aromatic rings. The molecule has 1 aromatic carbocycles. The lowest BCUT2D eigenvalue weighted by Gasteiger charge is -2.35. The van der Waals surface area contributed by atoms with Crippen molar-refractivity contribution in [2.75, 3.05) is 33.3 Å². The molecule has 118 valence electrons. The van der Waals surface area contributed by atoms with Crippen LogP contribution in [0.2, 0.25) is 0 Å². The van der Waals surface area contributed by atoms with Crippen LogP contribution in [0, 0.1) is 5.82 Å². The van der Waals surface area contributed by atoms with Gasteiger partial charge in [0, 0.05) is 37.8 Å². The van der Waals surface area contributed by atoms with Gasteiger partial charge in [-0.1, -0.05) is 12.1 Å². The Morgan fingerprint density at radius 1 is 1.29 bits per heavy atom. The second kappa shape index (κ2) is 6.62. The molecule has 0 aliphatic carbocycles. The van der Waals surface area contributed by atoms with E-state index < -0.39 is 24.5 Å². The van der Waals surface area contributed by atoms with E-state index in [-0.39, 0.29) is 11.3 Å². The molecule has 0 amide bonds. The summed E-state index contributed by atoms with van der Waals surface area (Å²) in [6.45, 7) is 2.11. The molecule has 0 bridgehead atoms. The summed E-state index contributed by atoms with van der Waals surface area (Å²) in [5.41, 5.74) is 0.0357. The Morgan fingerprint density at radius 3 is 2.52 bits per heavy atom. The first kappa shape index (κ1) is 16.0. The fraction of sp³-hybridized carbons (Fsp3) is 0.571. The normalized spacial score (nSPS) is 18.5. The summed E-state index contributed by atoms with van der Waals surface area (Å²) >= 11 is 0. The first-order valence-electron chi connectivity index (χ1n) is 6.76. The number of nitrogens with one attached hydrogen (secondary N) is 1. The topological polar surface area (TPSA) is 24.5 Å². The molecule has 1 aliphatic rings. The Kier molecular flexibility index (Phi) is 5.05. The van der Waals surface area contributed by atoms with Gasteiger partial charge in [0.05, 0.1) is 13.5 Å². The highest BCUT2D eigenvalue weighted by Gasteiger charge is 2.37. The van der Waals surface area contributed by atoms with Gasteiger partial charge in [0.2, 0.25) is 0 Å². The molecule has 1 aliphatic heterocycles. The zero-order valence-electron chi connectivity index (χ0n) is 11.7. The van der Waals surface area contributed by atoms with E-state index in [1.54, 1.807) is 4.90 Å². The van der Waals surface area contributed by atoms with Gasteiger partial charge in [-0.05, 0) is 6.07 Å². The number of nitrogens with zero attached hydrogens (tertiary/aromatic N) is 1. The summed E-state index contributed by atoms with van der Waals surface area (Å²) in [5, 5.41) is 3.08. The van der Waals surface area contributed by atoms with Crippen LogP contribution in [0.25, 0.3) is 0 Å². The van der Waals surface area contributed by atoms with Crippen molar-refractivity contribution in [2.24, 2.45) is 0 Å². The minimum atomic E-state index is -4.36. The molecular weight excluding hydrogens is 288 g/mol. The summed E-state index contributed by atoms with van der Waals surface area (Å²) < 4.78 is 57.8. The summed E-state index contributed by atoms with van der Waals surface area (Å²) in [6.07, 6.45) is -5.43. The molecule has 0 radical (unpaired) electrons. The van der Waals surface area contributed by atoms with Crippen molar-refractivity contribution in [1.29, 1.82) is 0 Å². The number of alkyl halides is 3. The summed E-state index contributed by atoms with van der Waals surface area (Å²) in [6, 6.07) is 3.29. The average molecular weight is 306 g/mol. The Labute approximate surface area is 120 Å². The van der Waals surface area contributed by atoms with Crippen LogP contribution in [0.15, 0.2) is 18.2 Å². The minimum absolute atomic E-state index is 0.0326. The predicted molar refractivity (Wildman–Crippen MR) is 70.8 cm³/mol. The zero-order chi connectivity index (χ0) is 15.5. The number of hydrogen-bond acceptors (Lipinski definition) is 3. The molecular formula is C14H18F4N2O. The van der Waals surface area contributed by atoms with E-state index in [2.05, 4.69) is 5.32 Å². The van der Waals surface area contributed by atoms with Crippen molar-refractivity contribution in [2.45, 2.75) is 18.6 Å². The van der Waals surface area contributed by atoms with Crippen molar-refractivity contribution >= 4 is 0 Å². The third-order valence-electron chi connectivity index (χ3n) is 3.59. The quantitative estimate of drug-likeness (QED) is 0.866. The third kappa shape index (κ3) is 4.07. The Morgan fingerprint density at radius 2 is 1.95 bits per heavy atom. The van der Waals surface area contributed by atoms with Crippen molar-refractivity contribution in [1.82, 2.24) is 10.2 Å². The summed E-state index contributed by atoms with van der Waals surface area (Å²) in [4.78, 5) is 1.67. The van der Waals surface area contributed by atoms with Crippen LogP contribution in [-0.2, 0) is 0 Å². The Hall–Kier alpha value is -1.34. The monoisotopic (exact) mass is 306 g/mol. The van der Waals surface area contributed by atoms with Gasteiger partial charge < -0.3 is 10.1 Å². The van der Waals surface area contributed by atoms with Gasteiger partial charge in [-0.2, -0.15) is 13.2 Å². The number of benzene rings is 1. The summed E-state index contributed by atoms with van der Waals surface area (Å²) in [7, 11) is 1.30. The van der Waals surface area contributed by atoms with E-state index in [1.807, 2.05) is 0 Å². The molecule has 1 atom stereocenters. The van der Waals surface area contributed by atoms with Crippen LogP contribution in [0.3, 0.4) is 0 Å². The zero-order valence-corrected chi connectivity index (χ0v) is 11.7. The molecule has 0 saturated carbocycles. The van der Waals surface area contributed by atoms with Crippen LogP contribution in [-0.4, -0.2) is 44.4 Å². The van der Waals surface area contributed by atoms with Crippen LogP contribution in [0.1, 0.15) is 18.0 Å². The van der Waals surface area contributed by atoms with E-state index in [0.717, 1.165) is 0 Å². The van der Waals surface area contributed by atoms with E-state index in [9.17, 15) is 17.6 Å². The first-order valence-corrected chi connectivity index (χ1v) is 6.76. The van der Waals surface area contributed by atoms with Gasteiger partial charge in [-0.25, -0.2) is 4.39 Å². The second-order valence-electron chi connectivity index (χ2n) is 4.98. The van der Waals surface area contributed by atoms with Gasteiger partial charge >= 0.3 is 6.18 Å². The second-order valence-corrected chi connectivity index (χ2v) is 4.98. The predicted octanol–water partition coefficient (Wildman–Crippen LogP) is 2.73. The van der Waals surface area contributed by atoms with Gasteiger partial charge in [0.1, 0.15) is 0 Å². The number of rotatable bonds is 4. The van der Waals surface area contributed by atoms with Gasteiger partial charge in [0.15, 0.2) is 11.6 Å². The number of halogens is 4. The van der Waals surface area contributed by atoms with Crippen molar-refractivity contribution < 1.29 is 22.3 Å². The van der Waals surface area contributed by atoms with E-state index in [1.165, 1.54) is 25.3 Å². The standard InChI is InChI=1S/C14H18F4N2O/c1-21-12-4-2-3-10(13(12)15)11(9-14(16,17)18)20-7-5-19-6-8-20/h2-4,11,19H,5-9H2,1H3/t11-/m1/s1. The van der Waals surface area contributed by atoms with Crippen LogP contribution in [0.4, 0.5) is 17.6 Å². The molecule has 2 rings (SSSR count). The van der Waals surface area contributed by atoms with Crippen molar-refractivity contribution in [3.8, 4) is 5.75 Å². The molecule has 3 nitrogen and oxygen atoms in total. The van der Waals surface area contributed by atoms with Gasteiger partial charge in [-0.15, -0.1) is 0 Å². The maximum atomic E-state index is 14.3. The fourth-order valence-corrected chi connectivity index (χ4v) is 2.59. The van der Waals surface area contributed by atoms with Gasteiger partial charge in [0.25, 0.3) is 0 Å². The van der Waals surface area contributed by atoms with Crippen LogP contribution >= 0.6 is 0 Å². The molecule has 7 heteroatoms. The number of ether oxygens (including phenoxy) is 1. The first-order chi connectivity index (χ1) is 9.92. The molecule has 0 aromatic heterocycles. The number of methoxy groups -OCH3 is 1. The maximum Gasteiger partial charge on any atom is 0.390 e. The van der Waals surface area contributed by atoms with E-state index in [0.29, 0.717) is 26.2 Å². The fourth-order valence-electron chi connectivity index (χ4n) is 2.59. The van der Waals surface area contributed by atoms with Gasteiger partial charge in [-0.3, -0.25) is 4.90 Å². The highest BCUT2D eigenvalue weighted by molar-refractivity contribution is 5.33.